The summed E-state index contributed by atoms with van der Waals surface area (Å²) in [5, 5.41) is 9.53. The molecule has 3 heterocycles. The zero-order valence-electron chi connectivity index (χ0n) is 12.7. The lowest BCUT2D eigenvalue weighted by molar-refractivity contribution is -0.151. The number of hydrogen-bond acceptors (Lipinski definition) is 5. The van der Waals surface area contributed by atoms with Crippen LogP contribution in [0.3, 0.4) is 0 Å². The SMILES string of the molecule is O=C(O)[C@H]1c2nc[nH]c2CCN1C(=O)Cc1ccc2c(c1)OCO2. The molecule has 2 aliphatic rings. The van der Waals surface area contributed by atoms with Crippen molar-refractivity contribution in [3.05, 3.63) is 41.5 Å². The topological polar surface area (TPSA) is 105 Å². The summed E-state index contributed by atoms with van der Waals surface area (Å²) in [5.74, 6) is -0.0888. The Kier molecular flexibility index (Phi) is 3.37. The maximum atomic E-state index is 12.7. The lowest BCUT2D eigenvalue weighted by Gasteiger charge is -2.32. The number of carboxylic acids is 1. The molecule has 0 saturated carbocycles. The van der Waals surface area contributed by atoms with E-state index in [2.05, 4.69) is 9.97 Å². The van der Waals surface area contributed by atoms with Gasteiger partial charge in [0.25, 0.3) is 0 Å². The van der Waals surface area contributed by atoms with E-state index < -0.39 is 12.0 Å². The second-order valence-electron chi connectivity index (χ2n) is 5.71. The fourth-order valence-corrected chi connectivity index (χ4v) is 3.12. The van der Waals surface area contributed by atoms with Crippen LogP contribution in [0.4, 0.5) is 0 Å². The summed E-state index contributed by atoms with van der Waals surface area (Å²) in [6, 6.07) is 4.23. The normalized spacial score (nSPS) is 18.3. The number of rotatable bonds is 3. The average Bonchev–Trinajstić information content (AvgIpc) is 3.21. The number of nitrogens with one attached hydrogen (secondary N) is 1. The molecule has 1 aromatic carbocycles. The number of carbonyl (C=O) groups is 2. The molecule has 1 atom stereocenters. The summed E-state index contributed by atoms with van der Waals surface area (Å²) >= 11 is 0. The van der Waals surface area contributed by atoms with Crippen molar-refractivity contribution in [2.45, 2.75) is 18.9 Å². The van der Waals surface area contributed by atoms with Crippen LogP contribution < -0.4 is 9.47 Å². The van der Waals surface area contributed by atoms with Gasteiger partial charge in [0.15, 0.2) is 17.5 Å². The van der Waals surface area contributed by atoms with Gasteiger partial charge in [0.1, 0.15) is 0 Å². The summed E-state index contributed by atoms with van der Waals surface area (Å²) in [6.45, 7) is 0.511. The summed E-state index contributed by atoms with van der Waals surface area (Å²) in [7, 11) is 0. The zero-order chi connectivity index (χ0) is 16.7. The number of benzene rings is 1. The van der Waals surface area contributed by atoms with E-state index in [-0.39, 0.29) is 19.1 Å². The van der Waals surface area contributed by atoms with Gasteiger partial charge in [0.05, 0.1) is 18.4 Å². The lowest BCUT2D eigenvalue weighted by atomic mass is 10.0. The highest BCUT2D eigenvalue weighted by atomic mass is 16.7. The molecular formula is C16H15N3O5. The molecule has 0 spiro atoms. The van der Waals surface area contributed by atoms with Crippen molar-refractivity contribution in [3.63, 3.8) is 0 Å². The minimum atomic E-state index is -1.08. The third-order valence-corrected chi connectivity index (χ3v) is 4.27. The first-order valence-electron chi connectivity index (χ1n) is 7.56. The van der Waals surface area contributed by atoms with Crippen molar-refractivity contribution in [1.29, 1.82) is 0 Å². The maximum absolute atomic E-state index is 12.7. The van der Waals surface area contributed by atoms with Crippen LogP contribution in [0.25, 0.3) is 0 Å². The number of ether oxygens (including phenoxy) is 2. The first-order chi connectivity index (χ1) is 11.6. The van der Waals surface area contributed by atoms with Gasteiger partial charge in [-0.05, 0) is 17.7 Å². The van der Waals surface area contributed by atoms with E-state index in [1.165, 1.54) is 11.2 Å². The van der Waals surface area contributed by atoms with Crippen LogP contribution in [0.15, 0.2) is 24.5 Å². The van der Waals surface area contributed by atoms with E-state index in [0.29, 0.717) is 30.2 Å². The van der Waals surface area contributed by atoms with Crippen LogP contribution in [-0.2, 0) is 22.4 Å². The molecule has 2 N–H and O–H groups in total. The van der Waals surface area contributed by atoms with E-state index in [0.717, 1.165) is 11.3 Å². The Hall–Kier alpha value is -3.03. The molecule has 2 aliphatic heterocycles. The second-order valence-corrected chi connectivity index (χ2v) is 5.71. The van der Waals surface area contributed by atoms with Gasteiger partial charge in [0, 0.05) is 18.7 Å². The van der Waals surface area contributed by atoms with Gasteiger partial charge in [-0.25, -0.2) is 9.78 Å². The van der Waals surface area contributed by atoms with Crippen LogP contribution in [0.2, 0.25) is 0 Å². The Morgan fingerprint density at radius 3 is 3.00 bits per heavy atom. The molecule has 124 valence electrons. The zero-order valence-corrected chi connectivity index (χ0v) is 12.7. The first kappa shape index (κ1) is 14.6. The number of aliphatic carboxylic acids is 1. The number of hydrogen-bond donors (Lipinski definition) is 2. The number of aromatic nitrogens is 2. The number of aromatic amines is 1. The Morgan fingerprint density at radius 2 is 2.17 bits per heavy atom. The van der Waals surface area contributed by atoms with Crippen LogP contribution in [0, 0.1) is 0 Å². The van der Waals surface area contributed by atoms with Gasteiger partial charge >= 0.3 is 5.97 Å². The lowest BCUT2D eigenvalue weighted by Crippen LogP contribution is -2.44. The van der Waals surface area contributed by atoms with Crippen molar-refractivity contribution in [2.24, 2.45) is 0 Å². The van der Waals surface area contributed by atoms with Crippen molar-refractivity contribution < 1.29 is 24.2 Å². The van der Waals surface area contributed by atoms with Crippen LogP contribution in [0.5, 0.6) is 11.5 Å². The Bertz CT molecular complexity index is 816. The van der Waals surface area contributed by atoms with E-state index in [4.69, 9.17) is 9.47 Å². The number of imidazole rings is 1. The van der Waals surface area contributed by atoms with Crippen molar-refractivity contribution in [1.82, 2.24) is 14.9 Å². The molecule has 4 rings (SSSR count). The molecule has 1 amide bonds. The number of carbonyl (C=O) groups excluding carboxylic acids is 1. The van der Waals surface area contributed by atoms with E-state index >= 15 is 0 Å². The van der Waals surface area contributed by atoms with E-state index in [9.17, 15) is 14.7 Å². The fourth-order valence-electron chi connectivity index (χ4n) is 3.12. The molecule has 0 radical (unpaired) electrons. The molecule has 0 unspecified atom stereocenters. The molecule has 0 bridgehead atoms. The third-order valence-electron chi connectivity index (χ3n) is 4.27. The highest BCUT2D eigenvalue weighted by Crippen LogP contribution is 2.33. The quantitative estimate of drug-likeness (QED) is 0.866. The van der Waals surface area contributed by atoms with E-state index in [1.807, 2.05) is 0 Å². The van der Waals surface area contributed by atoms with Crippen LogP contribution in [-0.4, -0.2) is 45.2 Å². The molecular weight excluding hydrogens is 314 g/mol. The van der Waals surface area contributed by atoms with Crippen LogP contribution in [0.1, 0.15) is 23.0 Å². The maximum Gasteiger partial charge on any atom is 0.332 e. The predicted molar refractivity (Wildman–Crippen MR) is 80.7 cm³/mol. The minimum absolute atomic E-state index is 0.0974. The van der Waals surface area contributed by atoms with Gasteiger partial charge in [-0.1, -0.05) is 6.07 Å². The number of amides is 1. The average molecular weight is 329 g/mol. The number of nitrogens with zero attached hydrogens (tertiary/aromatic N) is 2. The monoisotopic (exact) mass is 329 g/mol. The highest BCUT2D eigenvalue weighted by Gasteiger charge is 2.37. The molecule has 0 fully saturated rings. The summed E-state index contributed by atoms with van der Waals surface area (Å²) < 4.78 is 10.6. The molecule has 24 heavy (non-hydrogen) atoms. The Morgan fingerprint density at radius 1 is 1.33 bits per heavy atom. The largest absolute Gasteiger partial charge is 0.479 e. The summed E-state index contributed by atoms with van der Waals surface area (Å²) in [5.41, 5.74) is 1.93. The second kappa shape index (κ2) is 5.55. The van der Waals surface area contributed by atoms with Gasteiger partial charge in [0.2, 0.25) is 12.7 Å². The molecule has 0 saturated heterocycles. The van der Waals surface area contributed by atoms with Gasteiger partial charge in [-0.2, -0.15) is 0 Å². The van der Waals surface area contributed by atoms with Gasteiger partial charge < -0.3 is 24.5 Å². The standard InChI is InChI=1S/C16H15N3O5/c20-13(6-9-1-2-11-12(5-9)24-8-23-11)19-4-3-10-14(18-7-17-10)15(19)16(21)22/h1-2,5,7,15H,3-4,6,8H2,(H,17,18)(H,21,22)/t15-/m1/s1. The number of H-pyrrole nitrogens is 1. The molecule has 0 aliphatic carbocycles. The predicted octanol–water partition coefficient (Wildman–Crippen LogP) is 0.891. The third kappa shape index (κ3) is 2.36. The number of carboxylic acid groups (broad SMARTS) is 1. The fraction of sp³-hybridized carbons (Fsp3) is 0.312. The first-order valence-corrected chi connectivity index (χ1v) is 7.56. The molecule has 1 aromatic heterocycles. The van der Waals surface area contributed by atoms with Gasteiger partial charge in [-0.15, -0.1) is 0 Å². The number of fused-ring (bicyclic) bond motifs is 2. The van der Waals surface area contributed by atoms with Crippen LogP contribution >= 0.6 is 0 Å². The Labute approximate surface area is 137 Å². The van der Waals surface area contributed by atoms with Crippen molar-refractivity contribution in [3.8, 4) is 11.5 Å². The van der Waals surface area contributed by atoms with E-state index in [1.54, 1.807) is 18.2 Å². The smallest absolute Gasteiger partial charge is 0.332 e. The summed E-state index contributed by atoms with van der Waals surface area (Å²) in [4.78, 5) is 32.7. The highest BCUT2D eigenvalue weighted by molar-refractivity contribution is 5.86. The van der Waals surface area contributed by atoms with Crippen molar-refractivity contribution >= 4 is 11.9 Å². The minimum Gasteiger partial charge on any atom is -0.479 e. The summed E-state index contributed by atoms with van der Waals surface area (Å²) in [6.07, 6.45) is 2.12. The Balaban J connectivity index is 1.56. The molecule has 8 nitrogen and oxygen atoms in total. The van der Waals surface area contributed by atoms with Gasteiger partial charge in [-0.3, -0.25) is 4.79 Å². The molecule has 2 aromatic rings. The molecule has 8 heteroatoms. The van der Waals surface area contributed by atoms with Crippen molar-refractivity contribution in [2.75, 3.05) is 13.3 Å².